The van der Waals surface area contributed by atoms with E-state index in [2.05, 4.69) is 51.0 Å². The molecule has 0 aliphatic heterocycles. The molecule has 1 aromatic heterocycles. The van der Waals surface area contributed by atoms with Crippen molar-refractivity contribution < 1.29 is 0 Å². The van der Waals surface area contributed by atoms with Gasteiger partial charge in [0.15, 0.2) is 0 Å². The lowest BCUT2D eigenvalue weighted by Crippen LogP contribution is -2.40. The van der Waals surface area contributed by atoms with Crippen LogP contribution in [0.25, 0.3) is 0 Å². The summed E-state index contributed by atoms with van der Waals surface area (Å²) in [4.78, 5) is 4.65. The van der Waals surface area contributed by atoms with Gasteiger partial charge in [-0.25, -0.2) is 0 Å². The van der Waals surface area contributed by atoms with E-state index in [-0.39, 0.29) is 0 Å². The second-order valence-electron chi connectivity index (χ2n) is 6.53. The number of aryl methyl sites for hydroxylation is 3. The van der Waals surface area contributed by atoms with Crippen LogP contribution in [0.5, 0.6) is 0 Å². The SMILES string of the molecule is CCC1CCCCC1NC(C)c1c(C)cc(C)nc1C. The van der Waals surface area contributed by atoms with Crippen molar-refractivity contribution in [1.29, 1.82) is 0 Å². The molecule has 1 fully saturated rings. The van der Waals surface area contributed by atoms with Crippen LogP contribution in [0.1, 0.15) is 74.5 Å². The monoisotopic (exact) mass is 274 g/mol. The van der Waals surface area contributed by atoms with Crippen LogP contribution in [-0.4, -0.2) is 11.0 Å². The second kappa shape index (κ2) is 6.71. The Morgan fingerprint density at radius 1 is 1.25 bits per heavy atom. The summed E-state index contributed by atoms with van der Waals surface area (Å²) in [5.74, 6) is 0.852. The van der Waals surface area contributed by atoms with E-state index in [1.54, 1.807) is 0 Å². The van der Waals surface area contributed by atoms with Gasteiger partial charge in [0.05, 0.1) is 0 Å². The van der Waals surface area contributed by atoms with Gasteiger partial charge in [0.2, 0.25) is 0 Å². The summed E-state index contributed by atoms with van der Waals surface area (Å²) in [7, 11) is 0. The Morgan fingerprint density at radius 2 is 1.95 bits per heavy atom. The second-order valence-corrected chi connectivity index (χ2v) is 6.53. The first-order valence-electron chi connectivity index (χ1n) is 8.23. The zero-order valence-corrected chi connectivity index (χ0v) is 13.8. The first kappa shape index (κ1) is 15.5. The molecule has 3 atom stereocenters. The van der Waals surface area contributed by atoms with E-state index < -0.39 is 0 Å². The minimum Gasteiger partial charge on any atom is -0.307 e. The van der Waals surface area contributed by atoms with Gasteiger partial charge in [-0.3, -0.25) is 4.98 Å². The molecule has 20 heavy (non-hydrogen) atoms. The Morgan fingerprint density at radius 3 is 2.60 bits per heavy atom. The van der Waals surface area contributed by atoms with Crippen LogP contribution in [0, 0.1) is 26.7 Å². The fourth-order valence-corrected chi connectivity index (χ4v) is 4.01. The zero-order valence-electron chi connectivity index (χ0n) is 13.8. The minimum absolute atomic E-state index is 0.403. The van der Waals surface area contributed by atoms with Crippen molar-refractivity contribution in [2.45, 2.75) is 78.8 Å². The van der Waals surface area contributed by atoms with Gasteiger partial charge in [0.25, 0.3) is 0 Å². The fraction of sp³-hybridized carbons (Fsp3) is 0.722. The van der Waals surface area contributed by atoms with Gasteiger partial charge in [-0.05, 0) is 63.6 Å². The summed E-state index contributed by atoms with van der Waals surface area (Å²) in [5, 5.41) is 3.90. The normalized spacial score (nSPS) is 24.6. The molecular weight excluding hydrogens is 244 g/mol. The van der Waals surface area contributed by atoms with Gasteiger partial charge in [-0.1, -0.05) is 26.2 Å². The highest BCUT2D eigenvalue weighted by atomic mass is 15.0. The van der Waals surface area contributed by atoms with E-state index in [1.807, 2.05) is 0 Å². The predicted molar refractivity (Wildman–Crippen MR) is 86.0 cm³/mol. The number of pyridine rings is 1. The summed E-state index contributed by atoms with van der Waals surface area (Å²) in [6.45, 7) is 11.1. The highest BCUT2D eigenvalue weighted by molar-refractivity contribution is 5.33. The van der Waals surface area contributed by atoms with Crippen molar-refractivity contribution in [3.63, 3.8) is 0 Å². The highest BCUT2D eigenvalue weighted by Crippen LogP contribution is 2.30. The molecule has 1 aliphatic carbocycles. The third kappa shape index (κ3) is 3.41. The summed E-state index contributed by atoms with van der Waals surface area (Å²) < 4.78 is 0. The van der Waals surface area contributed by atoms with Crippen molar-refractivity contribution in [1.82, 2.24) is 10.3 Å². The maximum Gasteiger partial charge on any atom is 0.0426 e. The van der Waals surface area contributed by atoms with Gasteiger partial charge in [-0.15, -0.1) is 0 Å². The topological polar surface area (TPSA) is 24.9 Å². The standard InChI is InChI=1S/C18H30N2/c1-6-16-9-7-8-10-17(16)20-15(5)18-12(2)11-13(3)19-14(18)4/h11,15-17,20H,6-10H2,1-5H3. The van der Waals surface area contributed by atoms with E-state index >= 15 is 0 Å². The molecule has 1 aromatic rings. The van der Waals surface area contributed by atoms with E-state index in [1.165, 1.54) is 48.9 Å². The number of hydrogen-bond acceptors (Lipinski definition) is 2. The van der Waals surface area contributed by atoms with E-state index in [0.29, 0.717) is 12.1 Å². The van der Waals surface area contributed by atoms with Crippen molar-refractivity contribution in [3.8, 4) is 0 Å². The van der Waals surface area contributed by atoms with Crippen LogP contribution in [0.2, 0.25) is 0 Å². The Labute approximate surface area is 124 Å². The van der Waals surface area contributed by atoms with E-state index in [0.717, 1.165) is 11.6 Å². The average molecular weight is 274 g/mol. The Kier molecular flexibility index (Phi) is 5.20. The quantitative estimate of drug-likeness (QED) is 0.866. The molecule has 0 saturated heterocycles. The molecule has 1 heterocycles. The van der Waals surface area contributed by atoms with Crippen molar-refractivity contribution >= 4 is 0 Å². The third-order valence-corrected chi connectivity index (χ3v) is 4.91. The van der Waals surface area contributed by atoms with Crippen molar-refractivity contribution in [2.24, 2.45) is 5.92 Å². The Hall–Kier alpha value is -0.890. The number of rotatable bonds is 4. The van der Waals surface area contributed by atoms with Gasteiger partial charge in [0, 0.05) is 23.5 Å². The van der Waals surface area contributed by atoms with Crippen LogP contribution in [-0.2, 0) is 0 Å². The third-order valence-electron chi connectivity index (χ3n) is 4.91. The van der Waals surface area contributed by atoms with Gasteiger partial charge < -0.3 is 5.32 Å². The van der Waals surface area contributed by atoms with Crippen molar-refractivity contribution in [2.75, 3.05) is 0 Å². The number of hydrogen-bond donors (Lipinski definition) is 1. The molecule has 2 nitrogen and oxygen atoms in total. The lowest BCUT2D eigenvalue weighted by Gasteiger charge is -2.34. The molecule has 112 valence electrons. The maximum absolute atomic E-state index is 4.65. The first-order chi connectivity index (χ1) is 9.52. The lowest BCUT2D eigenvalue weighted by atomic mass is 9.82. The van der Waals surface area contributed by atoms with Crippen LogP contribution in [0.4, 0.5) is 0 Å². The molecule has 2 heteroatoms. The molecule has 0 radical (unpaired) electrons. The molecule has 0 aromatic carbocycles. The molecule has 3 unspecified atom stereocenters. The number of nitrogens with one attached hydrogen (secondary N) is 1. The predicted octanol–water partition coefficient (Wildman–Crippen LogP) is 4.63. The lowest BCUT2D eigenvalue weighted by molar-refractivity contribution is 0.240. The molecule has 1 N–H and O–H groups in total. The minimum atomic E-state index is 0.403. The average Bonchev–Trinajstić information content (AvgIpc) is 2.38. The summed E-state index contributed by atoms with van der Waals surface area (Å²) >= 11 is 0. The Bertz CT molecular complexity index is 430. The summed E-state index contributed by atoms with van der Waals surface area (Å²) in [6.07, 6.45) is 6.82. The first-order valence-corrected chi connectivity index (χ1v) is 8.23. The maximum atomic E-state index is 4.65. The van der Waals surface area contributed by atoms with Crippen LogP contribution < -0.4 is 5.32 Å². The van der Waals surface area contributed by atoms with Crippen LogP contribution in [0.15, 0.2) is 6.07 Å². The fourth-order valence-electron chi connectivity index (χ4n) is 4.01. The summed E-state index contributed by atoms with van der Waals surface area (Å²) in [5.41, 5.74) is 5.08. The van der Waals surface area contributed by atoms with Crippen molar-refractivity contribution in [3.05, 3.63) is 28.6 Å². The smallest absolute Gasteiger partial charge is 0.0426 e. The largest absolute Gasteiger partial charge is 0.307 e. The Balaban J connectivity index is 2.13. The number of aromatic nitrogens is 1. The molecule has 2 rings (SSSR count). The van der Waals surface area contributed by atoms with Crippen LogP contribution >= 0.6 is 0 Å². The number of nitrogens with zero attached hydrogens (tertiary/aromatic N) is 1. The van der Waals surface area contributed by atoms with Gasteiger partial charge >= 0.3 is 0 Å². The van der Waals surface area contributed by atoms with Crippen LogP contribution in [0.3, 0.4) is 0 Å². The molecule has 0 spiro atoms. The molecular formula is C18H30N2. The van der Waals surface area contributed by atoms with Gasteiger partial charge in [-0.2, -0.15) is 0 Å². The molecule has 0 bridgehead atoms. The highest BCUT2D eigenvalue weighted by Gasteiger charge is 2.25. The zero-order chi connectivity index (χ0) is 14.7. The molecule has 1 saturated carbocycles. The van der Waals surface area contributed by atoms with E-state index in [4.69, 9.17) is 0 Å². The van der Waals surface area contributed by atoms with Gasteiger partial charge in [0.1, 0.15) is 0 Å². The molecule has 0 amide bonds. The molecule has 1 aliphatic rings. The van der Waals surface area contributed by atoms with E-state index in [9.17, 15) is 0 Å². The summed E-state index contributed by atoms with van der Waals surface area (Å²) in [6, 6.07) is 3.29.